The SMILES string of the molecule is COc1cc(CNCCc2c[nH]c3ccccc23)c(Cl)cc1OCc1ccc(Cl)cc1Cl. The molecule has 0 aliphatic heterocycles. The highest BCUT2D eigenvalue weighted by Gasteiger charge is 2.12. The van der Waals surface area contributed by atoms with Gasteiger partial charge >= 0.3 is 0 Å². The van der Waals surface area contributed by atoms with Crippen LogP contribution in [0.25, 0.3) is 10.9 Å². The van der Waals surface area contributed by atoms with Crippen molar-refractivity contribution < 1.29 is 9.47 Å². The Balaban J connectivity index is 1.37. The second-order valence-corrected chi connectivity index (χ2v) is 8.66. The molecule has 1 heterocycles. The molecule has 0 aliphatic rings. The number of H-pyrrole nitrogens is 1. The van der Waals surface area contributed by atoms with Crippen molar-refractivity contribution in [2.24, 2.45) is 0 Å². The molecule has 2 N–H and O–H groups in total. The van der Waals surface area contributed by atoms with Crippen LogP contribution in [0.5, 0.6) is 11.5 Å². The van der Waals surface area contributed by atoms with Gasteiger partial charge in [-0.05, 0) is 48.4 Å². The second kappa shape index (κ2) is 10.5. The molecule has 0 bridgehead atoms. The van der Waals surface area contributed by atoms with Gasteiger partial charge in [0.2, 0.25) is 0 Å². The van der Waals surface area contributed by atoms with E-state index >= 15 is 0 Å². The van der Waals surface area contributed by atoms with Gasteiger partial charge in [-0.3, -0.25) is 0 Å². The van der Waals surface area contributed by atoms with E-state index in [2.05, 4.69) is 34.7 Å². The minimum absolute atomic E-state index is 0.283. The third kappa shape index (κ3) is 5.33. The molecule has 0 spiro atoms. The standard InChI is InChI=1S/C25H23Cl3N2O2/c1-31-24-10-18(13-29-9-8-16-14-30-23-5-3-2-4-20(16)23)22(28)12-25(24)32-15-17-6-7-19(26)11-21(17)27/h2-7,10-12,14,29-30H,8-9,13,15H2,1H3. The molecule has 0 atom stereocenters. The smallest absolute Gasteiger partial charge is 0.163 e. The lowest BCUT2D eigenvalue weighted by Gasteiger charge is -2.15. The number of halogens is 3. The number of methoxy groups -OCH3 is 1. The number of ether oxygens (including phenoxy) is 2. The monoisotopic (exact) mass is 488 g/mol. The number of benzene rings is 3. The van der Waals surface area contributed by atoms with Crippen molar-refractivity contribution in [3.05, 3.63) is 92.6 Å². The summed E-state index contributed by atoms with van der Waals surface area (Å²) in [6, 6.07) is 17.3. The lowest BCUT2D eigenvalue weighted by atomic mass is 10.1. The summed E-state index contributed by atoms with van der Waals surface area (Å²) in [7, 11) is 1.61. The Morgan fingerprint density at radius 2 is 1.69 bits per heavy atom. The maximum absolute atomic E-state index is 6.52. The summed E-state index contributed by atoms with van der Waals surface area (Å²) in [6.45, 7) is 1.74. The molecule has 0 saturated carbocycles. The molecule has 4 nitrogen and oxygen atoms in total. The minimum Gasteiger partial charge on any atom is -0.493 e. The first-order valence-corrected chi connectivity index (χ1v) is 11.4. The predicted molar refractivity (Wildman–Crippen MR) is 133 cm³/mol. The number of rotatable bonds is 9. The number of hydrogen-bond acceptors (Lipinski definition) is 3. The zero-order valence-corrected chi connectivity index (χ0v) is 19.8. The van der Waals surface area contributed by atoms with Crippen molar-refractivity contribution in [2.75, 3.05) is 13.7 Å². The first-order valence-electron chi connectivity index (χ1n) is 10.2. The van der Waals surface area contributed by atoms with Gasteiger partial charge in [-0.25, -0.2) is 0 Å². The van der Waals surface area contributed by atoms with Crippen molar-refractivity contribution in [1.82, 2.24) is 10.3 Å². The topological polar surface area (TPSA) is 46.3 Å². The molecule has 4 rings (SSSR count). The van der Waals surface area contributed by atoms with E-state index in [9.17, 15) is 0 Å². The molecule has 0 unspecified atom stereocenters. The average molecular weight is 490 g/mol. The van der Waals surface area contributed by atoms with E-state index in [0.717, 1.165) is 29.6 Å². The summed E-state index contributed by atoms with van der Waals surface area (Å²) in [5.74, 6) is 1.18. The predicted octanol–water partition coefficient (Wildman–Crippen LogP) is 7.05. The molecular formula is C25H23Cl3N2O2. The number of para-hydroxylation sites is 1. The Labute approximate surface area is 202 Å². The van der Waals surface area contributed by atoms with E-state index in [1.165, 1.54) is 10.9 Å². The Bertz CT molecular complexity index is 1220. The molecule has 3 aromatic carbocycles. The van der Waals surface area contributed by atoms with Gasteiger partial charge in [0.15, 0.2) is 11.5 Å². The summed E-state index contributed by atoms with van der Waals surface area (Å²) < 4.78 is 11.4. The molecule has 0 fully saturated rings. The van der Waals surface area contributed by atoms with Crippen LogP contribution >= 0.6 is 34.8 Å². The van der Waals surface area contributed by atoms with E-state index in [4.69, 9.17) is 44.3 Å². The normalized spacial score (nSPS) is 11.1. The Kier molecular flexibility index (Phi) is 7.48. The second-order valence-electron chi connectivity index (χ2n) is 7.41. The summed E-state index contributed by atoms with van der Waals surface area (Å²) in [4.78, 5) is 3.31. The van der Waals surface area contributed by atoms with E-state index in [1.807, 2.05) is 18.2 Å². The van der Waals surface area contributed by atoms with Gasteiger partial charge in [0.05, 0.1) is 7.11 Å². The third-order valence-electron chi connectivity index (χ3n) is 5.29. The largest absolute Gasteiger partial charge is 0.493 e. The summed E-state index contributed by atoms with van der Waals surface area (Å²) in [5.41, 5.74) is 4.23. The van der Waals surface area contributed by atoms with Crippen molar-refractivity contribution in [3.8, 4) is 11.5 Å². The highest BCUT2D eigenvalue weighted by molar-refractivity contribution is 6.35. The number of aromatic nitrogens is 1. The number of aromatic amines is 1. The lowest BCUT2D eigenvalue weighted by Crippen LogP contribution is -2.17. The lowest BCUT2D eigenvalue weighted by molar-refractivity contribution is 0.284. The first-order chi connectivity index (χ1) is 15.5. The molecule has 166 valence electrons. The zero-order valence-electron chi connectivity index (χ0n) is 17.6. The molecule has 32 heavy (non-hydrogen) atoms. The van der Waals surface area contributed by atoms with Gasteiger partial charge in [0.1, 0.15) is 6.61 Å². The molecular weight excluding hydrogens is 467 g/mol. The highest BCUT2D eigenvalue weighted by atomic mass is 35.5. The number of nitrogens with one attached hydrogen (secondary N) is 2. The first kappa shape index (κ1) is 22.8. The number of fused-ring (bicyclic) bond motifs is 1. The maximum Gasteiger partial charge on any atom is 0.163 e. The van der Waals surface area contributed by atoms with Crippen molar-refractivity contribution in [1.29, 1.82) is 0 Å². The fraction of sp³-hybridized carbons (Fsp3) is 0.200. The van der Waals surface area contributed by atoms with Crippen LogP contribution in [0.3, 0.4) is 0 Å². The van der Waals surface area contributed by atoms with Gasteiger partial charge in [-0.1, -0.05) is 59.1 Å². The Morgan fingerprint density at radius 1 is 0.875 bits per heavy atom. The molecule has 0 saturated heterocycles. The van der Waals surface area contributed by atoms with E-state index in [1.54, 1.807) is 25.3 Å². The minimum atomic E-state index is 0.283. The van der Waals surface area contributed by atoms with Crippen LogP contribution in [0.15, 0.2) is 60.8 Å². The van der Waals surface area contributed by atoms with Crippen LogP contribution in [0.4, 0.5) is 0 Å². The van der Waals surface area contributed by atoms with Crippen molar-refractivity contribution in [2.45, 2.75) is 19.6 Å². The quantitative estimate of drug-likeness (QED) is 0.248. The zero-order chi connectivity index (χ0) is 22.5. The summed E-state index contributed by atoms with van der Waals surface area (Å²) in [6.07, 6.45) is 2.99. The molecule has 0 amide bonds. The maximum atomic E-state index is 6.52. The van der Waals surface area contributed by atoms with Crippen molar-refractivity contribution >= 4 is 45.7 Å². The van der Waals surface area contributed by atoms with Crippen LogP contribution in [0.1, 0.15) is 16.7 Å². The van der Waals surface area contributed by atoms with E-state index in [0.29, 0.717) is 33.1 Å². The van der Waals surface area contributed by atoms with Crippen LogP contribution < -0.4 is 14.8 Å². The van der Waals surface area contributed by atoms with Crippen LogP contribution in [0, 0.1) is 0 Å². The Morgan fingerprint density at radius 3 is 2.50 bits per heavy atom. The van der Waals surface area contributed by atoms with E-state index in [-0.39, 0.29) is 6.61 Å². The summed E-state index contributed by atoms with van der Waals surface area (Å²) in [5, 5.41) is 6.47. The summed E-state index contributed by atoms with van der Waals surface area (Å²) >= 11 is 18.7. The van der Waals surface area contributed by atoms with E-state index < -0.39 is 0 Å². The molecule has 1 aromatic heterocycles. The van der Waals surface area contributed by atoms with Gasteiger partial charge in [-0.15, -0.1) is 0 Å². The van der Waals surface area contributed by atoms with Gasteiger partial charge in [-0.2, -0.15) is 0 Å². The highest BCUT2D eigenvalue weighted by Crippen LogP contribution is 2.34. The van der Waals surface area contributed by atoms with Crippen LogP contribution in [-0.4, -0.2) is 18.6 Å². The molecule has 4 aromatic rings. The van der Waals surface area contributed by atoms with Crippen LogP contribution in [-0.2, 0) is 19.6 Å². The van der Waals surface area contributed by atoms with Crippen LogP contribution in [0.2, 0.25) is 15.1 Å². The fourth-order valence-electron chi connectivity index (χ4n) is 3.56. The molecule has 7 heteroatoms. The average Bonchev–Trinajstić information content (AvgIpc) is 3.20. The third-order valence-corrected chi connectivity index (χ3v) is 6.23. The molecule has 0 aliphatic carbocycles. The van der Waals surface area contributed by atoms with Gasteiger partial charge < -0.3 is 19.8 Å². The molecule has 0 radical (unpaired) electrons. The van der Waals surface area contributed by atoms with Gasteiger partial charge in [0, 0.05) is 50.3 Å². The van der Waals surface area contributed by atoms with Gasteiger partial charge in [0.25, 0.3) is 0 Å². The fourth-order valence-corrected chi connectivity index (χ4v) is 4.25. The number of hydrogen-bond donors (Lipinski definition) is 2. The Hall–Kier alpha value is -2.37. The van der Waals surface area contributed by atoms with Crippen molar-refractivity contribution in [3.63, 3.8) is 0 Å².